The van der Waals surface area contributed by atoms with Crippen LogP contribution in [0.4, 0.5) is 22.0 Å². The van der Waals surface area contributed by atoms with E-state index in [1.54, 1.807) is 38.1 Å². The Balaban J connectivity index is 1.46. The van der Waals surface area contributed by atoms with Crippen LogP contribution in [0.25, 0.3) is 0 Å². The Hall–Kier alpha value is -1.59. The van der Waals surface area contributed by atoms with Gasteiger partial charge in [-0.1, -0.05) is 50.6 Å². The number of hydrogen-bond donors (Lipinski definition) is 3. The topological polar surface area (TPSA) is 79.2 Å². The minimum Gasteiger partial charge on any atom is -0.386 e. The van der Waals surface area contributed by atoms with Crippen LogP contribution in [-0.4, -0.2) is 57.6 Å². The quantitative estimate of drug-likeness (QED) is 0.245. The van der Waals surface area contributed by atoms with Crippen LogP contribution in [0.1, 0.15) is 103 Å². The van der Waals surface area contributed by atoms with E-state index in [0.29, 0.717) is 50.0 Å². The van der Waals surface area contributed by atoms with E-state index < -0.39 is 58.4 Å². The molecule has 6 rings (SSSR count). The summed E-state index contributed by atoms with van der Waals surface area (Å²) < 4.78 is 84.7. The second kappa shape index (κ2) is 9.72. The summed E-state index contributed by atoms with van der Waals surface area (Å²) in [6, 6.07) is 7.06. The number of hydrogen-bond acceptors (Lipinski definition) is 5. The summed E-state index contributed by atoms with van der Waals surface area (Å²) in [5, 5.41) is 34.3. The zero-order chi connectivity index (χ0) is 32.4. The molecule has 0 radical (unpaired) electrons. The van der Waals surface area contributed by atoms with Crippen molar-refractivity contribution in [1.82, 2.24) is 0 Å². The number of halogens is 5. The molecule has 4 aliphatic carbocycles. The van der Waals surface area contributed by atoms with Gasteiger partial charge < -0.3 is 24.8 Å². The van der Waals surface area contributed by atoms with Crippen molar-refractivity contribution in [2.45, 2.75) is 127 Å². The van der Waals surface area contributed by atoms with E-state index in [2.05, 4.69) is 0 Å². The van der Waals surface area contributed by atoms with E-state index in [1.165, 1.54) is 6.92 Å². The summed E-state index contributed by atoms with van der Waals surface area (Å²) in [4.78, 5) is 0. The summed E-state index contributed by atoms with van der Waals surface area (Å²) in [7, 11) is 0. The lowest BCUT2D eigenvalue weighted by atomic mass is 9.49. The molecule has 6 atom stereocenters. The molecule has 1 aliphatic heterocycles. The van der Waals surface area contributed by atoms with E-state index >= 15 is 8.78 Å². The molecule has 1 aromatic carbocycles. The van der Waals surface area contributed by atoms with Gasteiger partial charge in [0.2, 0.25) is 0 Å². The zero-order valence-corrected chi connectivity index (χ0v) is 26.2. The Morgan fingerprint density at radius 3 is 2.05 bits per heavy atom. The first kappa shape index (κ1) is 32.4. The molecule has 246 valence electrons. The lowest BCUT2D eigenvalue weighted by Crippen LogP contribution is -2.65. The average molecular weight is 629 g/mol. The monoisotopic (exact) mass is 628 g/mol. The molecule has 4 fully saturated rings. The van der Waals surface area contributed by atoms with E-state index in [9.17, 15) is 28.5 Å². The van der Waals surface area contributed by atoms with Gasteiger partial charge in [0.05, 0.1) is 24.4 Å². The Bertz CT molecular complexity index is 1320. The normalized spacial score (nSPS) is 38.7. The molecule has 1 saturated heterocycles. The highest BCUT2D eigenvalue weighted by molar-refractivity contribution is 5.45. The number of rotatable bonds is 3. The highest BCUT2D eigenvalue weighted by atomic mass is 19.4. The maximum Gasteiger partial charge on any atom is 0.456 e. The van der Waals surface area contributed by atoms with Crippen LogP contribution in [-0.2, 0) is 15.1 Å². The Kier molecular flexibility index (Phi) is 7.15. The van der Waals surface area contributed by atoms with Crippen LogP contribution in [0.5, 0.6) is 0 Å². The first-order valence-corrected chi connectivity index (χ1v) is 15.8. The van der Waals surface area contributed by atoms with Crippen LogP contribution >= 0.6 is 0 Å². The van der Waals surface area contributed by atoms with E-state index in [4.69, 9.17) is 9.47 Å². The van der Waals surface area contributed by atoms with Crippen molar-refractivity contribution >= 4 is 0 Å². The summed E-state index contributed by atoms with van der Waals surface area (Å²) in [6.07, 6.45) is -4.77. The van der Waals surface area contributed by atoms with Gasteiger partial charge in [-0.15, -0.1) is 0 Å². The molecule has 5 aliphatic rings. The van der Waals surface area contributed by atoms with Crippen molar-refractivity contribution in [2.24, 2.45) is 22.7 Å². The fraction of sp³-hybridized carbons (Fsp3) is 0.765. The summed E-state index contributed by atoms with van der Waals surface area (Å²) in [5.41, 5.74) is -4.53. The molecule has 0 unspecified atom stereocenters. The predicted molar refractivity (Wildman–Crippen MR) is 153 cm³/mol. The van der Waals surface area contributed by atoms with Crippen molar-refractivity contribution in [3.63, 3.8) is 0 Å². The number of benzene rings is 1. The maximum atomic E-state index is 15.3. The Morgan fingerprint density at radius 2 is 1.48 bits per heavy atom. The van der Waals surface area contributed by atoms with Crippen LogP contribution in [0.2, 0.25) is 0 Å². The van der Waals surface area contributed by atoms with Crippen molar-refractivity contribution in [2.75, 3.05) is 13.2 Å². The number of ether oxygens (including phenoxy) is 2. The molecule has 0 aromatic heterocycles. The van der Waals surface area contributed by atoms with Gasteiger partial charge in [0.25, 0.3) is 0 Å². The lowest BCUT2D eigenvalue weighted by Gasteiger charge is -2.59. The first-order valence-electron chi connectivity index (χ1n) is 15.8. The third kappa shape index (κ3) is 4.63. The third-order valence-electron chi connectivity index (χ3n) is 11.9. The lowest BCUT2D eigenvalue weighted by molar-refractivity contribution is -0.362. The molecule has 3 saturated carbocycles. The Morgan fingerprint density at radius 1 is 0.864 bits per heavy atom. The number of allylic oxidation sites excluding steroid dienone is 1. The summed E-state index contributed by atoms with van der Waals surface area (Å²) in [5.74, 6) is -7.81. The fourth-order valence-corrected chi connectivity index (χ4v) is 9.43. The van der Waals surface area contributed by atoms with Crippen molar-refractivity contribution in [3.05, 3.63) is 46.5 Å². The highest BCUT2D eigenvalue weighted by Gasteiger charge is 2.79. The molecule has 44 heavy (non-hydrogen) atoms. The van der Waals surface area contributed by atoms with Gasteiger partial charge in [-0.05, 0) is 80.9 Å². The number of fused-ring (bicyclic) bond motifs is 4. The molecule has 5 nitrogen and oxygen atoms in total. The third-order valence-corrected chi connectivity index (χ3v) is 11.9. The van der Waals surface area contributed by atoms with Crippen LogP contribution in [0.3, 0.4) is 0 Å². The van der Waals surface area contributed by atoms with Gasteiger partial charge in [-0.2, -0.15) is 22.0 Å². The molecule has 3 N–H and O–H groups in total. The molecule has 1 spiro atoms. The smallest absolute Gasteiger partial charge is 0.386 e. The average Bonchev–Trinajstić information content (AvgIpc) is 3.20. The minimum absolute atomic E-state index is 0.0359. The van der Waals surface area contributed by atoms with E-state index in [1.807, 2.05) is 13.8 Å². The first-order chi connectivity index (χ1) is 20.1. The van der Waals surface area contributed by atoms with E-state index in [0.717, 1.165) is 11.1 Å². The largest absolute Gasteiger partial charge is 0.456 e. The van der Waals surface area contributed by atoms with Gasteiger partial charge in [0, 0.05) is 29.6 Å². The van der Waals surface area contributed by atoms with Crippen LogP contribution in [0.15, 0.2) is 35.4 Å². The molecule has 1 aromatic rings. The molecular weight excluding hydrogens is 583 g/mol. The number of alkyl halides is 5. The standard InChI is InChI=1S/C34H45F5O5/c1-27(2)18-43-31(44-19-27)14-11-25-26-22(10-13-30(25,41)17-31)24-12-15-32(42,33(35,36)34(37,38)39)29(24,5)16-23(26)20-6-8-21(9-7-20)28(3,4)40/h6-9,22-24,40-42H,10-19H2,1-5H3/t22-,23+,24-,29-,30+,32-/m0/s1. The number of aliphatic hydroxyl groups is 3. The fourth-order valence-electron chi connectivity index (χ4n) is 9.43. The zero-order valence-electron chi connectivity index (χ0n) is 26.2. The second-order valence-corrected chi connectivity index (χ2v) is 15.9. The predicted octanol–water partition coefficient (Wildman–Crippen LogP) is 7.14. The Labute approximate surface area is 255 Å². The molecule has 10 heteroatoms. The van der Waals surface area contributed by atoms with Gasteiger partial charge in [0.15, 0.2) is 5.79 Å². The highest BCUT2D eigenvalue weighted by Crippen LogP contribution is 2.71. The maximum absolute atomic E-state index is 15.3. The van der Waals surface area contributed by atoms with E-state index in [-0.39, 0.29) is 30.6 Å². The van der Waals surface area contributed by atoms with Gasteiger partial charge in [-0.3, -0.25) is 0 Å². The van der Waals surface area contributed by atoms with Crippen molar-refractivity contribution < 1.29 is 46.7 Å². The van der Waals surface area contributed by atoms with Gasteiger partial charge in [-0.25, -0.2) is 0 Å². The molecule has 0 bridgehead atoms. The molecule has 1 heterocycles. The molecule has 0 amide bonds. The van der Waals surface area contributed by atoms with Crippen molar-refractivity contribution in [3.8, 4) is 0 Å². The minimum atomic E-state index is -5.90. The molecular formula is C34H45F5O5. The summed E-state index contributed by atoms with van der Waals surface area (Å²) in [6.45, 7) is 9.76. The van der Waals surface area contributed by atoms with Crippen molar-refractivity contribution in [1.29, 1.82) is 0 Å². The van der Waals surface area contributed by atoms with Gasteiger partial charge in [0.1, 0.15) is 5.60 Å². The summed E-state index contributed by atoms with van der Waals surface area (Å²) >= 11 is 0. The van der Waals surface area contributed by atoms with Gasteiger partial charge >= 0.3 is 12.1 Å². The SMILES string of the molecule is CC1(C)COC2(CCC3=C4[C@@H](CC[C@@]3(O)C2)[C@@H]2CC[C@@](O)(C(F)(F)C(F)(F)F)[C@@]2(C)C[C@@H]4c2ccc(C(C)(C)O)cc2)OC1. The second-order valence-electron chi connectivity index (χ2n) is 15.9. The van der Waals surface area contributed by atoms with Crippen LogP contribution in [0, 0.1) is 22.7 Å². The van der Waals surface area contributed by atoms with Crippen LogP contribution < -0.4 is 0 Å².